The highest BCUT2D eigenvalue weighted by Crippen LogP contribution is 2.18. The lowest BCUT2D eigenvalue weighted by molar-refractivity contribution is -0.384. The van der Waals surface area contributed by atoms with Crippen molar-refractivity contribution < 1.29 is 4.92 Å². The van der Waals surface area contributed by atoms with Crippen molar-refractivity contribution in [1.29, 1.82) is 0 Å². The van der Waals surface area contributed by atoms with Gasteiger partial charge in [0.15, 0.2) is 0 Å². The van der Waals surface area contributed by atoms with E-state index < -0.39 is 0 Å². The van der Waals surface area contributed by atoms with Crippen molar-refractivity contribution in [3.05, 3.63) is 39.9 Å². The van der Waals surface area contributed by atoms with Gasteiger partial charge < -0.3 is 5.32 Å². The van der Waals surface area contributed by atoms with Crippen LogP contribution in [0.2, 0.25) is 0 Å². The highest BCUT2D eigenvalue weighted by molar-refractivity contribution is 5.35. The van der Waals surface area contributed by atoms with Gasteiger partial charge in [0.05, 0.1) is 4.92 Å². The summed E-state index contributed by atoms with van der Waals surface area (Å²) in [5, 5.41) is 14.0. The maximum Gasteiger partial charge on any atom is 0.269 e. The molecule has 94 valence electrons. The Bertz CT molecular complexity index is 366. The first-order valence-corrected chi connectivity index (χ1v) is 6.13. The summed E-state index contributed by atoms with van der Waals surface area (Å²) >= 11 is 0. The Morgan fingerprint density at radius 3 is 2.82 bits per heavy atom. The minimum atomic E-state index is -0.354. The molecule has 4 nitrogen and oxygen atoms in total. The van der Waals surface area contributed by atoms with Gasteiger partial charge in [-0.2, -0.15) is 0 Å². The lowest BCUT2D eigenvalue weighted by Crippen LogP contribution is -2.19. The number of rotatable bonds is 7. The van der Waals surface area contributed by atoms with Gasteiger partial charge in [0, 0.05) is 18.2 Å². The first-order chi connectivity index (χ1) is 8.15. The van der Waals surface area contributed by atoms with Gasteiger partial charge in [0.25, 0.3) is 5.69 Å². The van der Waals surface area contributed by atoms with Crippen molar-refractivity contribution in [2.45, 2.75) is 39.2 Å². The fourth-order valence-electron chi connectivity index (χ4n) is 1.72. The summed E-state index contributed by atoms with van der Waals surface area (Å²) in [5.41, 5.74) is 1.13. The third kappa shape index (κ3) is 4.53. The minimum Gasteiger partial charge on any atom is -0.310 e. The molecule has 1 unspecified atom stereocenters. The van der Waals surface area contributed by atoms with Crippen molar-refractivity contribution in [2.24, 2.45) is 0 Å². The second-order valence-corrected chi connectivity index (χ2v) is 4.24. The average Bonchev–Trinajstić information content (AvgIpc) is 2.34. The maximum atomic E-state index is 10.7. The highest BCUT2D eigenvalue weighted by Gasteiger charge is 2.09. The van der Waals surface area contributed by atoms with E-state index in [1.807, 2.05) is 13.0 Å². The zero-order valence-electron chi connectivity index (χ0n) is 10.5. The van der Waals surface area contributed by atoms with Crippen LogP contribution in [0.3, 0.4) is 0 Å². The van der Waals surface area contributed by atoms with Crippen LogP contribution in [-0.4, -0.2) is 11.5 Å². The molecule has 0 saturated heterocycles. The normalized spacial score (nSPS) is 12.4. The zero-order valence-corrected chi connectivity index (χ0v) is 10.5. The quantitative estimate of drug-likeness (QED) is 0.448. The number of hydrogen-bond acceptors (Lipinski definition) is 3. The standard InChI is InChI=1S/C13H20N2O2/c1-3-4-5-9-14-11(2)12-7-6-8-13(10-12)15(16)17/h6-8,10-11,14H,3-5,9H2,1-2H3. The summed E-state index contributed by atoms with van der Waals surface area (Å²) in [6.07, 6.45) is 3.57. The Hall–Kier alpha value is -1.42. The second-order valence-electron chi connectivity index (χ2n) is 4.24. The molecule has 17 heavy (non-hydrogen) atoms. The number of nitro groups is 1. The van der Waals surface area contributed by atoms with Crippen molar-refractivity contribution >= 4 is 5.69 Å². The molecule has 1 rings (SSSR count). The van der Waals surface area contributed by atoms with Crippen LogP contribution in [0.4, 0.5) is 5.69 Å². The summed E-state index contributed by atoms with van der Waals surface area (Å²) in [6, 6.07) is 6.97. The molecule has 0 aromatic heterocycles. The smallest absolute Gasteiger partial charge is 0.269 e. The van der Waals surface area contributed by atoms with Crippen molar-refractivity contribution in [2.75, 3.05) is 6.54 Å². The van der Waals surface area contributed by atoms with Gasteiger partial charge >= 0.3 is 0 Å². The number of hydrogen-bond donors (Lipinski definition) is 1. The first-order valence-electron chi connectivity index (χ1n) is 6.13. The van der Waals surface area contributed by atoms with E-state index in [4.69, 9.17) is 0 Å². The van der Waals surface area contributed by atoms with E-state index in [9.17, 15) is 10.1 Å². The molecular formula is C13H20N2O2. The van der Waals surface area contributed by atoms with Crippen molar-refractivity contribution in [3.8, 4) is 0 Å². The highest BCUT2D eigenvalue weighted by atomic mass is 16.6. The van der Waals surface area contributed by atoms with Gasteiger partial charge in [-0.15, -0.1) is 0 Å². The maximum absolute atomic E-state index is 10.7. The lowest BCUT2D eigenvalue weighted by Gasteiger charge is -2.13. The third-order valence-electron chi connectivity index (χ3n) is 2.81. The molecule has 0 aliphatic carbocycles. The van der Waals surface area contributed by atoms with Crippen LogP contribution in [0.5, 0.6) is 0 Å². The number of nitro benzene ring substituents is 1. The first kappa shape index (κ1) is 13.6. The number of benzene rings is 1. The minimum absolute atomic E-state index is 0.157. The molecule has 1 atom stereocenters. The Morgan fingerprint density at radius 1 is 1.41 bits per heavy atom. The molecule has 0 bridgehead atoms. The molecule has 0 heterocycles. The lowest BCUT2D eigenvalue weighted by atomic mass is 10.1. The van der Waals surface area contributed by atoms with Crippen LogP contribution in [0.25, 0.3) is 0 Å². The Kier molecular flexibility index (Phi) is 5.63. The molecular weight excluding hydrogens is 216 g/mol. The number of nitrogens with one attached hydrogen (secondary N) is 1. The fourth-order valence-corrected chi connectivity index (χ4v) is 1.72. The topological polar surface area (TPSA) is 55.2 Å². The Morgan fingerprint density at radius 2 is 2.18 bits per heavy atom. The Balaban J connectivity index is 2.53. The SMILES string of the molecule is CCCCCNC(C)c1cccc([N+](=O)[O-])c1. The molecule has 1 aromatic rings. The predicted molar refractivity (Wildman–Crippen MR) is 69.0 cm³/mol. The average molecular weight is 236 g/mol. The number of non-ortho nitro benzene ring substituents is 1. The van der Waals surface area contributed by atoms with Gasteiger partial charge in [-0.1, -0.05) is 31.9 Å². The summed E-state index contributed by atoms with van der Waals surface area (Å²) in [6.45, 7) is 5.16. The van der Waals surface area contributed by atoms with E-state index in [-0.39, 0.29) is 16.7 Å². The van der Waals surface area contributed by atoms with Crippen LogP contribution in [0.15, 0.2) is 24.3 Å². The molecule has 1 aromatic carbocycles. The summed E-state index contributed by atoms with van der Waals surface area (Å²) in [5.74, 6) is 0. The monoisotopic (exact) mass is 236 g/mol. The van der Waals surface area contributed by atoms with E-state index in [0.717, 1.165) is 18.5 Å². The molecule has 0 spiro atoms. The van der Waals surface area contributed by atoms with E-state index in [1.54, 1.807) is 12.1 Å². The van der Waals surface area contributed by atoms with Gasteiger partial charge in [-0.25, -0.2) is 0 Å². The molecule has 0 radical (unpaired) electrons. The van der Waals surface area contributed by atoms with Crippen LogP contribution in [-0.2, 0) is 0 Å². The Labute approximate surface area is 102 Å². The molecule has 0 amide bonds. The van der Waals surface area contributed by atoms with Crippen molar-refractivity contribution in [1.82, 2.24) is 5.32 Å². The largest absolute Gasteiger partial charge is 0.310 e. The predicted octanol–water partition coefficient (Wildman–Crippen LogP) is 3.44. The van der Waals surface area contributed by atoms with Gasteiger partial charge in [0.2, 0.25) is 0 Å². The van der Waals surface area contributed by atoms with E-state index in [1.165, 1.54) is 18.9 Å². The molecule has 0 aliphatic rings. The van der Waals surface area contributed by atoms with Crippen molar-refractivity contribution in [3.63, 3.8) is 0 Å². The van der Waals surface area contributed by atoms with Crippen LogP contribution in [0, 0.1) is 10.1 Å². The van der Waals surface area contributed by atoms with Gasteiger partial charge in [-0.05, 0) is 25.5 Å². The third-order valence-corrected chi connectivity index (χ3v) is 2.81. The summed E-state index contributed by atoms with van der Waals surface area (Å²) in [4.78, 5) is 10.3. The number of nitrogens with zero attached hydrogens (tertiary/aromatic N) is 1. The van der Waals surface area contributed by atoms with Gasteiger partial charge in [-0.3, -0.25) is 10.1 Å². The molecule has 0 aliphatic heterocycles. The zero-order chi connectivity index (χ0) is 12.7. The van der Waals surface area contributed by atoms with E-state index >= 15 is 0 Å². The molecule has 0 fully saturated rings. The molecule has 0 saturated carbocycles. The van der Waals surface area contributed by atoms with Gasteiger partial charge in [0.1, 0.15) is 0 Å². The molecule has 4 heteroatoms. The molecule has 1 N–H and O–H groups in total. The van der Waals surface area contributed by atoms with E-state index in [0.29, 0.717) is 0 Å². The van der Waals surface area contributed by atoms with Crippen LogP contribution < -0.4 is 5.32 Å². The number of unbranched alkanes of at least 4 members (excludes halogenated alkanes) is 2. The fraction of sp³-hybridized carbons (Fsp3) is 0.538. The van der Waals surface area contributed by atoms with E-state index in [2.05, 4.69) is 12.2 Å². The summed E-state index contributed by atoms with van der Waals surface area (Å²) in [7, 11) is 0. The summed E-state index contributed by atoms with van der Waals surface area (Å²) < 4.78 is 0. The van der Waals surface area contributed by atoms with Crippen LogP contribution in [0.1, 0.15) is 44.7 Å². The van der Waals surface area contributed by atoms with Crippen LogP contribution >= 0.6 is 0 Å². The second kappa shape index (κ2) is 7.01.